The maximum atomic E-state index is 2.37. The average molecular weight is 232 g/mol. The highest BCUT2D eigenvalue weighted by Crippen LogP contribution is 2.31. The van der Waals surface area contributed by atoms with Crippen LogP contribution in [0, 0.1) is 5.92 Å². The van der Waals surface area contributed by atoms with Gasteiger partial charge in [-0.1, -0.05) is 39.8 Å². The summed E-state index contributed by atoms with van der Waals surface area (Å²) in [6, 6.07) is 9.25. The molecule has 0 bridgehead atoms. The molecular weight excluding hydrogens is 212 g/mol. The molecule has 1 aromatic heterocycles. The lowest BCUT2D eigenvalue weighted by Gasteiger charge is -2.04. The number of fused-ring (bicyclic) bond motifs is 1. The Balaban J connectivity index is 2.38. The Kier molecular flexibility index (Phi) is 3.34. The third-order valence-electron chi connectivity index (χ3n) is 2.82. The van der Waals surface area contributed by atoms with Crippen LogP contribution in [-0.4, -0.2) is 0 Å². The Morgan fingerprint density at radius 2 is 1.81 bits per heavy atom. The lowest BCUT2D eigenvalue weighted by atomic mass is 10.0. The van der Waals surface area contributed by atoms with Crippen molar-refractivity contribution in [2.45, 2.75) is 40.0 Å². The Morgan fingerprint density at radius 1 is 1.06 bits per heavy atom. The fraction of sp³-hybridized carbons (Fsp3) is 0.467. The van der Waals surface area contributed by atoms with E-state index in [1.54, 1.807) is 0 Å². The molecule has 1 aromatic carbocycles. The highest BCUT2D eigenvalue weighted by molar-refractivity contribution is 7.19. The highest BCUT2D eigenvalue weighted by atomic mass is 32.1. The molecule has 0 aliphatic carbocycles. The van der Waals surface area contributed by atoms with Gasteiger partial charge in [0.2, 0.25) is 0 Å². The fourth-order valence-corrected chi connectivity index (χ4v) is 3.11. The molecule has 0 radical (unpaired) electrons. The van der Waals surface area contributed by atoms with Crippen molar-refractivity contribution in [3.05, 3.63) is 34.7 Å². The molecule has 0 unspecified atom stereocenters. The summed E-state index contributed by atoms with van der Waals surface area (Å²) >= 11 is 1.95. The van der Waals surface area contributed by atoms with Gasteiger partial charge in [0.25, 0.3) is 0 Å². The number of rotatable bonds is 3. The third-order valence-corrected chi connectivity index (χ3v) is 4.21. The van der Waals surface area contributed by atoms with Crippen LogP contribution in [0.5, 0.6) is 0 Å². The second-order valence-corrected chi connectivity index (χ2v) is 6.39. The maximum absolute atomic E-state index is 2.37. The third kappa shape index (κ3) is 2.46. The largest absolute Gasteiger partial charge is 0.140 e. The van der Waals surface area contributed by atoms with Crippen LogP contribution < -0.4 is 0 Å². The van der Waals surface area contributed by atoms with Gasteiger partial charge in [0.05, 0.1) is 0 Å². The zero-order chi connectivity index (χ0) is 11.7. The molecule has 0 aliphatic heterocycles. The van der Waals surface area contributed by atoms with Gasteiger partial charge in [-0.3, -0.25) is 0 Å². The van der Waals surface area contributed by atoms with Gasteiger partial charge in [-0.05, 0) is 41.3 Å². The van der Waals surface area contributed by atoms with Gasteiger partial charge >= 0.3 is 0 Å². The van der Waals surface area contributed by atoms with E-state index in [0.717, 1.165) is 5.92 Å². The topological polar surface area (TPSA) is 0 Å². The standard InChI is InChI=1S/C15H20S/c1-10(2)7-12-5-6-13-9-14(11(3)4)16-15(13)8-12/h5-6,8-11H,7H2,1-4H3. The van der Waals surface area contributed by atoms with Crippen molar-refractivity contribution in [2.75, 3.05) is 0 Å². The molecule has 1 heterocycles. The van der Waals surface area contributed by atoms with Gasteiger partial charge in [-0.15, -0.1) is 11.3 Å². The van der Waals surface area contributed by atoms with E-state index in [9.17, 15) is 0 Å². The molecule has 0 fully saturated rings. The van der Waals surface area contributed by atoms with Crippen molar-refractivity contribution in [3.63, 3.8) is 0 Å². The van der Waals surface area contributed by atoms with Gasteiger partial charge in [0, 0.05) is 9.58 Å². The molecule has 2 aromatic rings. The van der Waals surface area contributed by atoms with Gasteiger partial charge in [-0.2, -0.15) is 0 Å². The minimum Gasteiger partial charge on any atom is -0.140 e. The van der Waals surface area contributed by atoms with E-state index in [2.05, 4.69) is 52.0 Å². The van der Waals surface area contributed by atoms with Crippen molar-refractivity contribution in [2.24, 2.45) is 5.92 Å². The van der Waals surface area contributed by atoms with Crippen molar-refractivity contribution >= 4 is 21.4 Å². The number of hydrogen-bond donors (Lipinski definition) is 0. The second kappa shape index (κ2) is 4.58. The molecule has 16 heavy (non-hydrogen) atoms. The van der Waals surface area contributed by atoms with Crippen LogP contribution in [0.25, 0.3) is 10.1 Å². The minimum absolute atomic E-state index is 0.644. The summed E-state index contributed by atoms with van der Waals surface area (Å²) in [4.78, 5) is 1.50. The molecule has 0 aliphatic rings. The van der Waals surface area contributed by atoms with E-state index in [4.69, 9.17) is 0 Å². The van der Waals surface area contributed by atoms with E-state index in [1.165, 1.54) is 26.9 Å². The molecule has 0 saturated heterocycles. The summed E-state index contributed by atoms with van der Waals surface area (Å²) in [5.74, 6) is 1.38. The van der Waals surface area contributed by atoms with Crippen LogP contribution in [-0.2, 0) is 6.42 Å². The van der Waals surface area contributed by atoms with Crippen LogP contribution >= 0.6 is 11.3 Å². The Hall–Kier alpha value is -0.820. The summed E-state index contributed by atoms with van der Waals surface area (Å²) in [5.41, 5.74) is 1.47. The Bertz CT molecular complexity index is 477. The van der Waals surface area contributed by atoms with Gasteiger partial charge in [-0.25, -0.2) is 0 Å². The van der Waals surface area contributed by atoms with E-state index in [1.807, 2.05) is 11.3 Å². The van der Waals surface area contributed by atoms with Crippen LogP contribution in [0.15, 0.2) is 24.3 Å². The SMILES string of the molecule is CC(C)Cc1ccc2cc(C(C)C)sc2c1. The predicted molar refractivity (Wildman–Crippen MR) is 74.5 cm³/mol. The normalized spacial score (nSPS) is 11.9. The molecule has 0 nitrogen and oxygen atoms in total. The molecule has 0 amide bonds. The lowest BCUT2D eigenvalue weighted by Crippen LogP contribution is -1.92. The van der Waals surface area contributed by atoms with Gasteiger partial charge in [0.15, 0.2) is 0 Å². The molecule has 2 rings (SSSR count). The minimum atomic E-state index is 0.644. The molecule has 0 N–H and O–H groups in total. The summed E-state index contributed by atoms with van der Waals surface area (Å²) < 4.78 is 1.45. The van der Waals surface area contributed by atoms with Crippen molar-refractivity contribution in [1.29, 1.82) is 0 Å². The van der Waals surface area contributed by atoms with Crippen LogP contribution in [0.1, 0.15) is 44.1 Å². The first-order chi connectivity index (χ1) is 7.56. The first-order valence-electron chi connectivity index (χ1n) is 6.08. The Labute approximate surface area is 102 Å². The summed E-state index contributed by atoms with van der Waals surface area (Å²) in [6.07, 6.45) is 1.19. The average Bonchev–Trinajstić information content (AvgIpc) is 2.59. The Morgan fingerprint density at radius 3 is 2.44 bits per heavy atom. The van der Waals surface area contributed by atoms with E-state index >= 15 is 0 Å². The number of benzene rings is 1. The number of hydrogen-bond acceptors (Lipinski definition) is 1. The quantitative estimate of drug-likeness (QED) is 0.680. The van der Waals surface area contributed by atoms with E-state index < -0.39 is 0 Å². The fourth-order valence-electron chi connectivity index (χ4n) is 1.98. The number of thiophene rings is 1. The van der Waals surface area contributed by atoms with Crippen molar-refractivity contribution < 1.29 is 0 Å². The zero-order valence-corrected chi connectivity index (χ0v) is 11.4. The molecular formula is C15H20S. The van der Waals surface area contributed by atoms with Crippen LogP contribution in [0.3, 0.4) is 0 Å². The van der Waals surface area contributed by atoms with Crippen molar-refractivity contribution in [1.82, 2.24) is 0 Å². The first-order valence-corrected chi connectivity index (χ1v) is 6.90. The molecule has 0 saturated carbocycles. The predicted octanol–water partition coefficient (Wildman–Crippen LogP) is 5.22. The van der Waals surface area contributed by atoms with E-state index in [-0.39, 0.29) is 0 Å². The second-order valence-electron chi connectivity index (χ2n) is 5.27. The lowest BCUT2D eigenvalue weighted by molar-refractivity contribution is 0.648. The zero-order valence-electron chi connectivity index (χ0n) is 10.6. The van der Waals surface area contributed by atoms with Crippen LogP contribution in [0.4, 0.5) is 0 Å². The summed E-state index contributed by atoms with van der Waals surface area (Å²) in [7, 11) is 0. The monoisotopic (exact) mass is 232 g/mol. The summed E-state index contributed by atoms with van der Waals surface area (Å²) in [6.45, 7) is 9.08. The van der Waals surface area contributed by atoms with Gasteiger partial charge < -0.3 is 0 Å². The molecule has 86 valence electrons. The van der Waals surface area contributed by atoms with Crippen LogP contribution in [0.2, 0.25) is 0 Å². The smallest absolute Gasteiger partial charge is 0.0348 e. The van der Waals surface area contributed by atoms with E-state index in [0.29, 0.717) is 5.92 Å². The van der Waals surface area contributed by atoms with Crippen molar-refractivity contribution in [3.8, 4) is 0 Å². The molecule has 1 heteroatoms. The van der Waals surface area contributed by atoms with Gasteiger partial charge in [0.1, 0.15) is 0 Å². The maximum Gasteiger partial charge on any atom is 0.0348 e. The summed E-state index contributed by atoms with van der Waals surface area (Å²) in [5, 5.41) is 1.40. The molecule has 0 atom stereocenters. The first kappa shape index (κ1) is 11.7. The highest BCUT2D eigenvalue weighted by Gasteiger charge is 2.06. The molecule has 0 spiro atoms.